The lowest BCUT2D eigenvalue weighted by Gasteiger charge is -2.09. The second-order valence-corrected chi connectivity index (χ2v) is 5.91. The van der Waals surface area contributed by atoms with E-state index in [4.69, 9.17) is 9.47 Å². The predicted octanol–water partition coefficient (Wildman–Crippen LogP) is 5.14. The summed E-state index contributed by atoms with van der Waals surface area (Å²) >= 11 is 0. The maximum absolute atomic E-state index is 5.74. The number of pyridine rings is 2. The van der Waals surface area contributed by atoms with Crippen LogP contribution in [-0.4, -0.2) is 23.2 Å². The number of ether oxygens (including phenoxy) is 2. The fraction of sp³-hybridized carbons (Fsp3) is 0.400. The quantitative estimate of drug-likeness (QED) is 0.425. The van der Waals surface area contributed by atoms with Gasteiger partial charge in [0.15, 0.2) is 0 Å². The molecule has 2 heterocycles. The second-order valence-electron chi connectivity index (χ2n) is 5.91. The van der Waals surface area contributed by atoms with Gasteiger partial charge in [-0.3, -0.25) is 0 Å². The number of hydrogen-bond acceptors (Lipinski definition) is 4. The fourth-order valence-corrected chi connectivity index (χ4v) is 2.53. The van der Waals surface area contributed by atoms with Gasteiger partial charge in [0.05, 0.1) is 13.2 Å². The highest BCUT2D eigenvalue weighted by atomic mass is 16.5. The van der Waals surface area contributed by atoms with Crippen LogP contribution in [0.5, 0.6) is 11.8 Å². The van der Waals surface area contributed by atoms with Crippen LogP contribution in [0.15, 0.2) is 36.4 Å². The van der Waals surface area contributed by atoms with Gasteiger partial charge in [0.25, 0.3) is 0 Å². The Hall–Kier alpha value is -2.36. The van der Waals surface area contributed by atoms with Crippen LogP contribution >= 0.6 is 0 Å². The highest BCUT2D eigenvalue weighted by molar-refractivity contribution is 6.03. The van der Waals surface area contributed by atoms with E-state index in [1.54, 1.807) is 0 Å². The van der Waals surface area contributed by atoms with Crippen molar-refractivity contribution in [1.82, 2.24) is 9.97 Å². The molecule has 0 aliphatic rings. The van der Waals surface area contributed by atoms with Crippen molar-refractivity contribution in [2.45, 2.75) is 39.5 Å². The molecule has 4 heteroatoms. The SMILES string of the molecule is CCCCOc1ccc2ccc3ccc(OCCCC)nc3c2n1. The summed E-state index contributed by atoms with van der Waals surface area (Å²) in [6, 6.07) is 12.1. The molecule has 0 aliphatic carbocycles. The number of aromatic nitrogens is 2. The second kappa shape index (κ2) is 7.95. The summed E-state index contributed by atoms with van der Waals surface area (Å²) in [7, 11) is 0. The van der Waals surface area contributed by atoms with Crippen LogP contribution in [0, 0.1) is 0 Å². The van der Waals surface area contributed by atoms with Crippen LogP contribution in [-0.2, 0) is 0 Å². The number of hydrogen-bond donors (Lipinski definition) is 0. The Kier molecular flexibility index (Phi) is 5.47. The molecule has 126 valence electrons. The van der Waals surface area contributed by atoms with Crippen LogP contribution in [0.4, 0.5) is 0 Å². The minimum Gasteiger partial charge on any atom is -0.478 e. The summed E-state index contributed by atoms with van der Waals surface area (Å²) in [5.74, 6) is 1.31. The molecule has 0 N–H and O–H groups in total. The van der Waals surface area contributed by atoms with Crippen molar-refractivity contribution in [2.24, 2.45) is 0 Å². The first-order valence-electron chi connectivity index (χ1n) is 8.78. The number of nitrogens with zero attached hydrogens (tertiary/aromatic N) is 2. The van der Waals surface area contributed by atoms with E-state index in [0.29, 0.717) is 25.0 Å². The van der Waals surface area contributed by atoms with Crippen LogP contribution in [0.3, 0.4) is 0 Å². The standard InChI is InChI=1S/C20H24N2O2/c1-3-5-13-23-17-11-9-15-7-8-16-10-12-18(24-14-6-4-2)22-20(16)19(15)21-17/h7-12H,3-6,13-14H2,1-2H3. The Morgan fingerprint density at radius 1 is 0.667 bits per heavy atom. The fourth-order valence-electron chi connectivity index (χ4n) is 2.53. The summed E-state index contributed by atoms with van der Waals surface area (Å²) in [5.41, 5.74) is 1.73. The molecule has 0 amide bonds. The molecule has 0 aliphatic heterocycles. The third kappa shape index (κ3) is 3.75. The van der Waals surface area contributed by atoms with Gasteiger partial charge >= 0.3 is 0 Å². The van der Waals surface area contributed by atoms with Crippen molar-refractivity contribution in [1.29, 1.82) is 0 Å². The predicted molar refractivity (Wildman–Crippen MR) is 97.9 cm³/mol. The molecule has 4 nitrogen and oxygen atoms in total. The third-order valence-corrected chi connectivity index (χ3v) is 3.96. The van der Waals surface area contributed by atoms with Crippen LogP contribution in [0.1, 0.15) is 39.5 Å². The smallest absolute Gasteiger partial charge is 0.213 e. The van der Waals surface area contributed by atoms with Gasteiger partial charge < -0.3 is 9.47 Å². The van der Waals surface area contributed by atoms with E-state index in [2.05, 4.69) is 35.9 Å². The Labute approximate surface area is 142 Å². The summed E-state index contributed by atoms with van der Waals surface area (Å²) in [5, 5.41) is 2.12. The van der Waals surface area contributed by atoms with Crippen LogP contribution in [0.2, 0.25) is 0 Å². The zero-order valence-electron chi connectivity index (χ0n) is 14.4. The summed E-state index contributed by atoms with van der Waals surface area (Å²) in [4.78, 5) is 9.34. The summed E-state index contributed by atoms with van der Waals surface area (Å²) < 4.78 is 11.5. The maximum atomic E-state index is 5.74. The van der Waals surface area contributed by atoms with Crippen LogP contribution < -0.4 is 9.47 Å². The van der Waals surface area contributed by atoms with Crippen molar-refractivity contribution < 1.29 is 9.47 Å². The Morgan fingerprint density at radius 3 is 1.50 bits per heavy atom. The van der Waals surface area contributed by atoms with Gasteiger partial charge in [-0.2, -0.15) is 0 Å². The van der Waals surface area contributed by atoms with Gasteiger partial charge in [-0.15, -0.1) is 0 Å². The highest BCUT2D eigenvalue weighted by Crippen LogP contribution is 2.26. The number of unbranched alkanes of at least 4 members (excludes halogenated alkanes) is 2. The van der Waals surface area contributed by atoms with E-state index in [9.17, 15) is 0 Å². The van der Waals surface area contributed by atoms with E-state index in [1.807, 2.05) is 24.3 Å². The number of fused-ring (bicyclic) bond motifs is 3. The van der Waals surface area contributed by atoms with Crippen molar-refractivity contribution >= 4 is 21.8 Å². The molecule has 0 radical (unpaired) electrons. The van der Waals surface area contributed by atoms with E-state index in [-0.39, 0.29) is 0 Å². The lowest BCUT2D eigenvalue weighted by Crippen LogP contribution is -2.00. The van der Waals surface area contributed by atoms with Gasteiger partial charge in [0.2, 0.25) is 11.8 Å². The molecule has 1 aromatic carbocycles. The number of rotatable bonds is 8. The van der Waals surface area contributed by atoms with Crippen molar-refractivity contribution in [2.75, 3.05) is 13.2 Å². The molecule has 24 heavy (non-hydrogen) atoms. The van der Waals surface area contributed by atoms with Crippen molar-refractivity contribution in [3.05, 3.63) is 36.4 Å². The van der Waals surface area contributed by atoms with E-state index < -0.39 is 0 Å². The first-order valence-corrected chi connectivity index (χ1v) is 8.78. The summed E-state index contributed by atoms with van der Waals surface area (Å²) in [6.07, 6.45) is 4.28. The molecular formula is C20H24N2O2. The lowest BCUT2D eigenvalue weighted by atomic mass is 10.1. The van der Waals surface area contributed by atoms with E-state index >= 15 is 0 Å². The van der Waals surface area contributed by atoms with Crippen molar-refractivity contribution in [3.63, 3.8) is 0 Å². The minimum absolute atomic E-state index is 0.655. The maximum Gasteiger partial charge on any atom is 0.213 e. The average molecular weight is 324 g/mol. The summed E-state index contributed by atoms with van der Waals surface area (Å²) in [6.45, 7) is 5.68. The molecule has 0 atom stereocenters. The van der Waals surface area contributed by atoms with Crippen molar-refractivity contribution in [3.8, 4) is 11.8 Å². The molecule has 2 aromatic heterocycles. The molecule has 0 saturated heterocycles. The molecule has 0 fully saturated rings. The zero-order valence-corrected chi connectivity index (χ0v) is 14.4. The van der Waals surface area contributed by atoms with E-state index in [1.165, 1.54) is 0 Å². The Morgan fingerprint density at radius 2 is 1.08 bits per heavy atom. The minimum atomic E-state index is 0.655. The molecule has 0 saturated carbocycles. The van der Waals surface area contributed by atoms with E-state index in [0.717, 1.165) is 47.5 Å². The molecule has 0 unspecified atom stereocenters. The normalized spacial score (nSPS) is 11.1. The van der Waals surface area contributed by atoms with Gasteiger partial charge in [-0.05, 0) is 25.0 Å². The zero-order chi connectivity index (χ0) is 16.8. The Bertz CT molecular complexity index is 748. The van der Waals surface area contributed by atoms with Crippen LogP contribution in [0.25, 0.3) is 21.8 Å². The highest BCUT2D eigenvalue weighted by Gasteiger charge is 2.07. The number of benzene rings is 1. The molecule has 0 spiro atoms. The molecule has 0 bridgehead atoms. The Balaban J connectivity index is 1.95. The third-order valence-electron chi connectivity index (χ3n) is 3.96. The van der Waals surface area contributed by atoms with Gasteiger partial charge in [-0.25, -0.2) is 9.97 Å². The largest absolute Gasteiger partial charge is 0.478 e. The lowest BCUT2D eigenvalue weighted by molar-refractivity contribution is 0.298. The first-order chi connectivity index (χ1) is 11.8. The monoisotopic (exact) mass is 324 g/mol. The van der Waals surface area contributed by atoms with Gasteiger partial charge in [-0.1, -0.05) is 38.8 Å². The molecule has 3 rings (SSSR count). The average Bonchev–Trinajstić information content (AvgIpc) is 2.62. The topological polar surface area (TPSA) is 44.2 Å². The molecule has 3 aromatic rings. The molecular weight excluding hydrogens is 300 g/mol. The van der Waals surface area contributed by atoms with Gasteiger partial charge in [0, 0.05) is 22.9 Å². The first kappa shape index (κ1) is 16.5. The van der Waals surface area contributed by atoms with Gasteiger partial charge in [0.1, 0.15) is 11.0 Å².